The van der Waals surface area contributed by atoms with Crippen LogP contribution >= 0.6 is 0 Å². The average molecular weight is 283 g/mol. The van der Waals surface area contributed by atoms with Gasteiger partial charge in [-0.25, -0.2) is 0 Å². The molecule has 1 saturated heterocycles. The number of nitrogens with one attached hydrogen (secondary N) is 1. The van der Waals surface area contributed by atoms with Crippen LogP contribution in [-0.4, -0.2) is 42.4 Å². The molecule has 1 rings (SSSR count). The van der Waals surface area contributed by atoms with Gasteiger partial charge in [0.2, 0.25) is 11.8 Å². The minimum Gasteiger partial charge on any atom is -0.354 e. The molecule has 0 radical (unpaired) electrons. The Morgan fingerprint density at radius 1 is 1.25 bits per heavy atom. The summed E-state index contributed by atoms with van der Waals surface area (Å²) in [6, 6.07) is -0.268. The van der Waals surface area contributed by atoms with Crippen molar-refractivity contribution in [3.05, 3.63) is 0 Å². The topological polar surface area (TPSA) is 75.4 Å². The van der Waals surface area contributed by atoms with Crippen LogP contribution in [0.5, 0.6) is 0 Å². The first-order valence-corrected chi connectivity index (χ1v) is 7.98. The lowest BCUT2D eigenvalue weighted by atomic mass is 10.00. The summed E-state index contributed by atoms with van der Waals surface area (Å²) in [5, 5.41) is 2.89. The smallest absolute Gasteiger partial charge is 0.242 e. The predicted octanol–water partition coefficient (Wildman–Crippen LogP) is 1.41. The highest BCUT2D eigenvalue weighted by molar-refractivity contribution is 5.87. The summed E-state index contributed by atoms with van der Waals surface area (Å²) >= 11 is 0. The van der Waals surface area contributed by atoms with Crippen molar-refractivity contribution in [2.75, 3.05) is 19.6 Å². The van der Waals surface area contributed by atoms with Crippen molar-refractivity contribution >= 4 is 11.8 Å². The molecule has 1 fully saturated rings. The summed E-state index contributed by atoms with van der Waals surface area (Å²) in [6.07, 6.45) is 7.27. The lowest BCUT2D eigenvalue weighted by molar-refractivity contribution is -0.142. The van der Waals surface area contributed by atoms with Gasteiger partial charge in [0.15, 0.2) is 0 Å². The molecule has 0 aromatic heterocycles. The van der Waals surface area contributed by atoms with Gasteiger partial charge >= 0.3 is 0 Å². The van der Waals surface area contributed by atoms with E-state index in [1.807, 2.05) is 0 Å². The van der Waals surface area contributed by atoms with Gasteiger partial charge in [0, 0.05) is 19.5 Å². The maximum absolute atomic E-state index is 12.2. The Kier molecular flexibility index (Phi) is 8.26. The number of amides is 2. The van der Waals surface area contributed by atoms with Crippen molar-refractivity contribution < 1.29 is 9.59 Å². The Morgan fingerprint density at radius 3 is 2.75 bits per heavy atom. The number of piperidine rings is 1. The third-order valence-electron chi connectivity index (χ3n) is 3.80. The van der Waals surface area contributed by atoms with E-state index in [4.69, 9.17) is 5.73 Å². The molecule has 0 aliphatic carbocycles. The molecule has 0 unspecified atom stereocenters. The molecule has 0 aromatic carbocycles. The van der Waals surface area contributed by atoms with Crippen LogP contribution in [0, 0.1) is 0 Å². The molecule has 116 valence electrons. The van der Waals surface area contributed by atoms with E-state index in [1.165, 1.54) is 0 Å². The summed E-state index contributed by atoms with van der Waals surface area (Å²) < 4.78 is 0. The van der Waals surface area contributed by atoms with Crippen molar-refractivity contribution in [3.63, 3.8) is 0 Å². The second-order valence-corrected chi connectivity index (χ2v) is 5.49. The van der Waals surface area contributed by atoms with Gasteiger partial charge in [0.1, 0.15) is 6.04 Å². The van der Waals surface area contributed by atoms with Crippen molar-refractivity contribution in [1.82, 2.24) is 10.2 Å². The van der Waals surface area contributed by atoms with Crippen molar-refractivity contribution in [3.8, 4) is 0 Å². The first kappa shape index (κ1) is 17.0. The largest absolute Gasteiger partial charge is 0.354 e. The van der Waals surface area contributed by atoms with Crippen molar-refractivity contribution in [1.29, 1.82) is 0 Å². The molecule has 0 saturated carbocycles. The second kappa shape index (κ2) is 9.75. The number of hydrogen-bond acceptors (Lipinski definition) is 3. The van der Waals surface area contributed by atoms with Gasteiger partial charge in [0.25, 0.3) is 0 Å². The van der Waals surface area contributed by atoms with E-state index in [0.717, 1.165) is 51.5 Å². The maximum Gasteiger partial charge on any atom is 0.242 e. The van der Waals surface area contributed by atoms with Crippen LogP contribution in [0.1, 0.15) is 58.3 Å². The predicted molar refractivity (Wildman–Crippen MR) is 80.2 cm³/mol. The third kappa shape index (κ3) is 5.49. The number of rotatable bonds is 8. The molecule has 1 aliphatic rings. The third-order valence-corrected chi connectivity index (χ3v) is 3.80. The highest BCUT2D eigenvalue weighted by Crippen LogP contribution is 2.19. The van der Waals surface area contributed by atoms with Gasteiger partial charge < -0.3 is 16.0 Å². The van der Waals surface area contributed by atoms with Crippen LogP contribution in [0.4, 0.5) is 0 Å². The lowest BCUT2D eigenvalue weighted by Gasteiger charge is -2.34. The highest BCUT2D eigenvalue weighted by Gasteiger charge is 2.31. The number of nitrogens with zero attached hydrogens (tertiary/aromatic N) is 1. The highest BCUT2D eigenvalue weighted by atomic mass is 16.2. The van der Waals surface area contributed by atoms with Crippen molar-refractivity contribution in [2.45, 2.75) is 64.3 Å². The van der Waals surface area contributed by atoms with Gasteiger partial charge in [0.05, 0.1) is 0 Å². The monoisotopic (exact) mass is 283 g/mol. The van der Waals surface area contributed by atoms with E-state index in [0.29, 0.717) is 19.5 Å². The Balaban J connectivity index is 2.48. The van der Waals surface area contributed by atoms with Gasteiger partial charge in [-0.1, -0.05) is 19.8 Å². The summed E-state index contributed by atoms with van der Waals surface area (Å²) in [4.78, 5) is 26.2. The van der Waals surface area contributed by atoms with Crippen molar-refractivity contribution in [2.24, 2.45) is 5.73 Å². The summed E-state index contributed by atoms with van der Waals surface area (Å²) in [5.41, 5.74) is 5.42. The Bertz CT molecular complexity index is 277. The zero-order chi connectivity index (χ0) is 14.8. The molecular formula is C15H29N3O2. The zero-order valence-corrected chi connectivity index (χ0v) is 12.7. The van der Waals surface area contributed by atoms with E-state index in [9.17, 15) is 9.59 Å². The van der Waals surface area contributed by atoms with E-state index < -0.39 is 0 Å². The fourth-order valence-corrected chi connectivity index (χ4v) is 2.60. The molecule has 1 atom stereocenters. The Hall–Kier alpha value is -1.10. The average Bonchev–Trinajstić information content (AvgIpc) is 2.47. The van der Waals surface area contributed by atoms with Crippen LogP contribution in [0.3, 0.4) is 0 Å². The van der Waals surface area contributed by atoms with E-state index >= 15 is 0 Å². The number of hydrogen-bond donors (Lipinski definition) is 2. The normalized spacial score (nSPS) is 18.9. The van der Waals surface area contributed by atoms with E-state index in [1.54, 1.807) is 4.90 Å². The van der Waals surface area contributed by atoms with Crippen LogP contribution in [0.25, 0.3) is 0 Å². The molecule has 20 heavy (non-hydrogen) atoms. The number of unbranched alkanes of at least 4 members (excludes halogenated alkanes) is 2. The molecule has 1 heterocycles. The standard InChI is InChI=1S/C15H29N3O2/c1-2-3-4-9-14(19)18-12-6-5-8-13(18)15(20)17-11-7-10-16/h13H,2-12,16H2,1H3,(H,17,20)/t13-/m1/s1. The zero-order valence-electron chi connectivity index (χ0n) is 12.7. The molecular weight excluding hydrogens is 254 g/mol. The molecule has 5 nitrogen and oxygen atoms in total. The molecule has 0 bridgehead atoms. The Labute approximate surface area is 122 Å². The number of likely N-dealkylation sites (tertiary alicyclic amines) is 1. The SMILES string of the molecule is CCCCCC(=O)N1CCCC[C@@H]1C(=O)NCCCN. The number of carbonyl (C=O) groups is 2. The molecule has 0 spiro atoms. The number of carbonyl (C=O) groups excluding carboxylic acids is 2. The molecule has 5 heteroatoms. The van der Waals surface area contributed by atoms with Crippen LogP contribution in [-0.2, 0) is 9.59 Å². The molecule has 1 aliphatic heterocycles. The molecule has 3 N–H and O–H groups in total. The summed E-state index contributed by atoms with van der Waals surface area (Å²) in [5.74, 6) is 0.124. The summed E-state index contributed by atoms with van der Waals surface area (Å²) in [6.45, 7) is 4.02. The Morgan fingerprint density at radius 2 is 2.05 bits per heavy atom. The molecule has 2 amide bonds. The van der Waals surface area contributed by atoms with Crippen LogP contribution in [0.2, 0.25) is 0 Å². The van der Waals surface area contributed by atoms with Gasteiger partial charge in [-0.2, -0.15) is 0 Å². The second-order valence-electron chi connectivity index (χ2n) is 5.49. The van der Waals surface area contributed by atoms with Crippen LogP contribution < -0.4 is 11.1 Å². The van der Waals surface area contributed by atoms with Gasteiger partial charge in [-0.15, -0.1) is 0 Å². The minimum atomic E-state index is -0.268. The fourth-order valence-electron chi connectivity index (χ4n) is 2.60. The minimum absolute atomic E-state index is 0.0120. The lowest BCUT2D eigenvalue weighted by Crippen LogP contribution is -2.52. The first-order valence-electron chi connectivity index (χ1n) is 7.98. The molecule has 0 aromatic rings. The van der Waals surface area contributed by atoms with Gasteiger partial charge in [-0.3, -0.25) is 9.59 Å². The first-order chi connectivity index (χ1) is 9.70. The van der Waals surface area contributed by atoms with E-state index in [2.05, 4.69) is 12.2 Å². The number of nitrogens with two attached hydrogens (primary N) is 1. The van der Waals surface area contributed by atoms with Crippen LogP contribution in [0.15, 0.2) is 0 Å². The summed E-state index contributed by atoms with van der Waals surface area (Å²) in [7, 11) is 0. The fraction of sp³-hybridized carbons (Fsp3) is 0.867. The maximum atomic E-state index is 12.2. The quantitative estimate of drug-likeness (QED) is 0.661. The van der Waals surface area contributed by atoms with Gasteiger partial charge in [-0.05, 0) is 38.6 Å². The van der Waals surface area contributed by atoms with E-state index in [-0.39, 0.29) is 17.9 Å².